The van der Waals surface area contributed by atoms with Crippen LogP contribution in [-0.4, -0.2) is 27.9 Å². The van der Waals surface area contributed by atoms with Gasteiger partial charge in [-0.25, -0.2) is 13.2 Å². The predicted octanol–water partition coefficient (Wildman–Crippen LogP) is 1.62. The maximum Gasteiger partial charge on any atom is 1.00 e. The molecule has 0 unspecified atom stereocenters. The molecule has 0 atom stereocenters. The number of aromatic nitrogens is 3. The van der Waals surface area contributed by atoms with Gasteiger partial charge in [0.15, 0.2) is 0 Å². The number of halogens is 2. The average molecular weight is 508 g/mol. The topological polar surface area (TPSA) is 116 Å². The van der Waals surface area contributed by atoms with Gasteiger partial charge in [-0.2, -0.15) is 9.97 Å². The molecule has 0 radical (unpaired) electrons. The predicted molar refractivity (Wildman–Crippen MR) is 122 cm³/mol. The molecule has 7 nitrogen and oxygen atoms in total. The molecule has 11 heteroatoms. The van der Waals surface area contributed by atoms with Crippen molar-refractivity contribution in [2.24, 2.45) is 11.8 Å². The van der Waals surface area contributed by atoms with E-state index in [9.17, 15) is 17.8 Å². The normalized spacial score (nSPS) is 11.3. The van der Waals surface area contributed by atoms with Crippen molar-refractivity contribution in [2.45, 2.75) is 45.4 Å². The van der Waals surface area contributed by atoms with Crippen molar-refractivity contribution in [1.29, 1.82) is 0 Å². The largest absolute Gasteiger partial charge is 1.00 e. The van der Waals surface area contributed by atoms with Gasteiger partial charge in [0.1, 0.15) is 10.1 Å². The molecular weight excluding hydrogens is 484 g/mol. The van der Waals surface area contributed by atoms with Gasteiger partial charge in [0, 0.05) is 0 Å². The van der Waals surface area contributed by atoms with Crippen LogP contribution < -0.4 is 35.2 Å². The summed E-state index contributed by atoms with van der Waals surface area (Å²) in [6.07, 6.45) is 1.62. The van der Waals surface area contributed by atoms with E-state index < -0.39 is 15.8 Å². The zero-order valence-corrected chi connectivity index (χ0v) is 23.0. The Morgan fingerprint density at radius 3 is 2.06 bits per heavy atom. The van der Waals surface area contributed by atoms with Crippen molar-refractivity contribution in [3.8, 4) is 0 Å². The van der Waals surface area contributed by atoms with E-state index in [1.54, 1.807) is 12.1 Å². The van der Waals surface area contributed by atoms with E-state index in [1.165, 1.54) is 0 Å². The second-order valence-electron chi connectivity index (χ2n) is 7.96. The Balaban J connectivity index is 0.000000431. The smallest absolute Gasteiger partial charge is 0.744 e. The third-order valence-electron chi connectivity index (χ3n) is 4.28. The van der Waals surface area contributed by atoms with Gasteiger partial charge in [-0.05, 0) is 81.9 Å². The summed E-state index contributed by atoms with van der Waals surface area (Å²) in [6, 6.07) is 9.12. The van der Waals surface area contributed by atoms with Gasteiger partial charge in [0.05, 0.1) is 4.90 Å². The minimum atomic E-state index is -4.45. The summed E-state index contributed by atoms with van der Waals surface area (Å²) in [4.78, 5) is 18.9. The Hall–Kier alpha value is -1.000. The van der Waals surface area contributed by atoms with Crippen LogP contribution in [0.15, 0.2) is 40.0 Å². The summed E-state index contributed by atoms with van der Waals surface area (Å²) in [5.41, 5.74) is 1.44. The van der Waals surface area contributed by atoms with E-state index in [4.69, 9.17) is 23.2 Å². The Labute approximate surface area is 220 Å². The fraction of sp³-hybridized carbons (Fsp3) is 0.381. The van der Waals surface area contributed by atoms with Gasteiger partial charge in [-0.15, -0.1) is 0 Å². The van der Waals surface area contributed by atoms with Crippen molar-refractivity contribution >= 4 is 44.1 Å². The van der Waals surface area contributed by atoms with Crippen LogP contribution in [0.2, 0.25) is 10.6 Å². The van der Waals surface area contributed by atoms with Gasteiger partial charge < -0.3 is 4.55 Å². The molecule has 0 saturated carbocycles. The van der Waals surface area contributed by atoms with E-state index >= 15 is 0 Å². The molecule has 0 spiro atoms. The van der Waals surface area contributed by atoms with Crippen LogP contribution in [0.4, 0.5) is 0 Å². The molecule has 0 aliphatic carbocycles. The summed E-state index contributed by atoms with van der Waals surface area (Å²) in [7, 11) is -4.45. The molecule has 32 heavy (non-hydrogen) atoms. The third kappa shape index (κ3) is 8.74. The van der Waals surface area contributed by atoms with Gasteiger partial charge >= 0.3 is 35.2 Å². The summed E-state index contributed by atoms with van der Waals surface area (Å²) >= 11 is 10.5. The van der Waals surface area contributed by atoms with Crippen LogP contribution in [0.1, 0.15) is 38.8 Å². The van der Waals surface area contributed by atoms with Gasteiger partial charge in [0.2, 0.25) is 10.6 Å². The van der Waals surface area contributed by atoms with E-state index in [2.05, 4.69) is 42.6 Å². The second kappa shape index (κ2) is 12.5. The first-order valence-electron chi connectivity index (χ1n) is 9.66. The van der Waals surface area contributed by atoms with Gasteiger partial charge in [-0.3, -0.25) is 4.98 Å². The molecule has 3 rings (SSSR count). The van der Waals surface area contributed by atoms with Crippen molar-refractivity contribution in [1.82, 2.24) is 15.0 Å². The molecule has 0 aliphatic heterocycles. The number of aromatic amines is 1. The Bertz CT molecular complexity index is 1210. The molecule has 0 saturated heterocycles. The molecule has 0 aliphatic rings. The molecular formula is C21H24Cl2N3NaO4S. The maximum absolute atomic E-state index is 11.5. The Morgan fingerprint density at radius 1 is 0.969 bits per heavy atom. The summed E-state index contributed by atoms with van der Waals surface area (Å²) < 4.78 is 34.5. The molecule has 168 valence electrons. The number of benzene rings is 2. The zero-order chi connectivity index (χ0) is 23.3. The van der Waals surface area contributed by atoms with Gasteiger partial charge in [0.25, 0.3) is 0 Å². The van der Waals surface area contributed by atoms with Crippen LogP contribution in [0, 0.1) is 11.8 Å². The molecule has 1 aromatic heterocycles. The number of H-pyrrole nitrogens is 1. The number of nitrogens with one attached hydrogen (secondary N) is 1. The standard InChI is InChI=1S/C18H24O3S.C3HCl2N3O.Na/c1-12(2)8-14-6-5-7-17-15(9-13(3)4)10-16(11-18(14)17)22(19,20)21;4-1-6-2(5)8-3(9)7-1;/h5-7,10-13H,8-9H2,1-4H3,(H,19,20,21);(H,6,7,8,9);/q;;+1/p-1. The summed E-state index contributed by atoms with van der Waals surface area (Å²) in [5, 5.41) is 1.74. The third-order valence-corrected chi connectivity index (χ3v) is 5.45. The maximum atomic E-state index is 11.5. The Kier molecular flexibility index (Phi) is 11.3. The minimum absolute atomic E-state index is 0. The quantitative estimate of drug-likeness (QED) is 0.414. The zero-order valence-electron chi connectivity index (χ0n) is 18.6. The molecule has 0 amide bonds. The van der Waals surface area contributed by atoms with E-state index in [0.29, 0.717) is 11.8 Å². The van der Waals surface area contributed by atoms with Gasteiger partial charge in [-0.1, -0.05) is 45.9 Å². The van der Waals surface area contributed by atoms with E-state index in [1.807, 2.05) is 18.2 Å². The minimum Gasteiger partial charge on any atom is -0.744 e. The summed E-state index contributed by atoms with van der Waals surface area (Å²) in [5.74, 6) is 0.855. The SMILES string of the molecule is CC(C)Cc1cc(S(=O)(=O)[O-])cc2c(CC(C)C)cccc12.O=c1nc(Cl)nc(Cl)[nH]1.[Na+]. The number of nitrogens with zero attached hydrogens (tertiary/aromatic N) is 2. The average Bonchev–Trinajstić information content (AvgIpc) is 2.59. The first kappa shape index (κ1) is 29.0. The molecule has 0 bridgehead atoms. The number of fused-ring (bicyclic) bond motifs is 1. The first-order chi connectivity index (χ1) is 14.4. The van der Waals surface area contributed by atoms with Crippen molar-refractivity contribution < 1.29 is 42.5 Å². The van der Waals surface area contributed by atoms with Crippen LogP contribution in [0.5, 0.6) is 0 Å². The van der Waals surface area contributed by atoms with Crippen molar-refractivity contribution in [2.75, 3.05) is 0 Å². The van der Waals surface area contributed by atoms with Crippen LogP contribution in [-0.2, 0) is 23.0 Å². The number of rotatable bonds is 5. The van der Waals surface area contributed by atoms with Crippen LogP contribution in [0.3, 0.4) is 0 Å². The summed E-state index contributed by atoms with van der Waals surface area (Å²) in [6.45, 7) is 8.43. The Morgan fingerprint density at radius 2 is 1.56 bits per heavy atom. The van der Waals surface area contributed by atoms with Crippen molar-refractivity contribution in [3.05, 3.63) is 62.5 Å². The molecule has 1 N–H and O–H groups in total. The number of hydrogen-bond acceptors (Lipinski definition) is 6. The molecule has 0 fully saturated rings. The monoisotopic (exact) mass is 507 g/mol. The van der Waals surface area contributed by atoms with Crippen LogP contribution >= 0.6 is 23.2 Å². The fourth-order valence-corrected chi connectivity index (χ4v) is 4.12. The molecule has 1 heterocycles. The van der Waals surface area contributed by atoms with E-state index in [0.717, 1.165) is 34.7 Å². The number of hydrogen-bond donors (Lipinski definition) is 1. The van der Waals surface area contributed by atoms with E-state index in [-0.39, 0.29) is 45.0 Å². The molecule has 3 aromatic rings. The van der Waals surface area contributed by atoms with Crippen LogP contribution in [0.25, 0.3) is 10.8 Å². The second-order valence-corrected chi connectivity index (χ2v) is 10.0. The first-order valence-corrected chi connectivity index (χ1v) is 11.8. The molecule has 2 aromatic carbocycles. The van der Waals surface area contributed by atoms with Crippen molar-refractivity contribution in [3.63, 3.8) is 0 Å². The fourth-order valence-electron chi connectivity index (χ4n) is 3.20.